The first kappa shape index (κ1) is 15.4. The molecular weight excluding hydrogens is 226 g/mol. The van der Waals surface area contributed by atoms with Crippen LogP contribution in [0.5, 0.6) is 0 Å². The van der Waals surface area contributed by atoms with Gasteiger partial charge in [0.05, 0.1) is 6.61 Å². The van der Waals surface area contributed by atoms with Crippen LogP contribution in [0, 0.1) is 0 Å². The first-order valence-corrected chi connectivity index (χ1v) is 8.21. The second-order valence-electron chi connectivity index (χ2n) is 5.36. The molecule has 0 rings (SSSR count). The standard InChI is InChI=1S/C10H23NO4Si/c1-10(2,3)16(4,5)15-7-8(12)6-14-9(11)13/h8,12H,6-7H2,1-5H3,(H2,11,13)/t8-/m1/s1. The van der Waals surface area contributed by atoms with Gasteiger partial charge in [0.2, 0.25) is 0 Å². The van der Waals surface area contributed by atoms with Crippen LogP contribution >= 0.6 is 0 Å². The maximum Gasteiger partial charge on any atom is 0.404 e. The van der Waals surface area contributed by atoms with Crippen LogP contribution in [0.1, 0.15) is 20.8 Å². The van der Waals surface area contributed by atoms with Crippen molar-refractivity contribution in [2.24, 2.45) is 5.73 Å². The fourth-order valence-corrected chi connectivity index (χ4v) is 1.79. The van der Waals surface area contributed by atoms with Crippen molar-refractivity contribution >= 4 is 14.4 Å². The van der Waals surface area contributed by atoms with Gasteiger partial charge in [-0.05, 0) is 18.1 Å². The van der Waals surface area contributed by atoms with E-state index >= 15 is 0 Å². The number of primary amides is 1. The second kappa shape index (κ2) is 5.65. The Morgan fingerprint density at radius 1 is 1.38 bits per heavy atom. The number of carbonyl (C=O) groups excluding carboxylic acids is 1. The average molecular weight is 249 g/mol. The summed E-state index contributed by atoms with van der Waals surface area (Å²) in [5.74, 6) is 0. The topological polar surface area (TPSA) is 81.8 Å². The lowest BCUT2D eigenvalue weighted by atomic mass is 10.2. The van der Waals surface area contributed by atoms with Gasteiger partial charge in [-0.15, -0.1) is 0 Å². The minimum absolute atomic E-state index is 0.0945. The van der Waals surface area contributed by atoms with Gasteiger partial charge in [-0.25, -0.2) is 4.79 Å². The van der Waals surface area contributed by atoms with Crippen molar-refractivity contribution < 1.29 is 19.1 Å². The highest BCUT2D eigenvalue weighted by Gasteiger charge is 2.37. The third-order valence-corrected chi connectivity index (χ3v) is 7.36. The van der Waals surface area contributed by atoms with Crippen LogP contribution in [0.4, 0.5) is 4.79 Å². The van der Waals surface area contributed by atoms with Crippen LogP contribution in [-0.2, 0) is 9.16 Å². The fraction of sp³-hybridized carbons (Fsp3) is 0.900. The summed E-state index contributed by atoms with van der Waals surface area (Å²) in [6.45, 7) is 10.6. The molecule has 5 nitrogen and oxygen atoms in total. The number of carbonyl (C=O) groups is 1. The highest BCUT2D eigenvalue weighted by atomic mass is 28.4. The van der Waals surface area contributed by atoms with Gasteiger partial charge < -0.3 is 20.0 Å². The molecular formula is C10H23NO4Si. The highest BCUT2D eigenvalue weighted by Crippen LogP contribution is 2.36. The first-order valence-electron chi connectivity index (χ1n) is 5.30. The largest absolute Gasteiger partial charge is 0.447 e. The molecule has 0 aliphatic rings. The van der Waals surface area contributed by atoms with Gasteiger partial charge in [0.15, 0.2) is 8.32 Å². The zero-order chi connectivity index (χ0) is 13.0. The summed E-state index contributed by atoms with van der Waals surface area (Å²) >= 11 is 0. The van der Waals surface area contributed by atoms with E-state index in [2.05, 4.69) is 38.6 Å². The maximum absolute atomic E-state index is 10.3. The Hall–Kier alpha value is -0.593. The molecule has 0 radical (unpaired) electrons. The molecule has 1 amide bonds. The van der Waals surface area contributed by atoms with Crippen LogP contribution < -0.4 is 5.73 Å². The Bertz CT molecular complexity index is 237. The van der Waals surface area contributed by atoms with Crippen LogP contribution in [0.15, 0.2) is 0 Å². The molecule has 1 atom stereocenters. The SMILES string of the molecule is CC(C)(C)[Si](C)(C)OC[C@H](O)COC(N)=O. The molecule has 0 aliphatic carbocycles. The van der Waals surface area contributed by atoms with Gasteiger partial charge in [-0.3, -0.25) is 0 Å². The number of ether oxygens (including phenoxy) is 1. The van der Waals surface area contributed by atoms with Crippen molar-refractivity contribution in [1.82, 2.24) is 0 Å². The predicted molar refractivity (Wildman–Crippen MR) is 64.7 cm³/mol. The molecule has 0 saturated carbocycles. The van der Waals surface area contributed by atoms with Crippen molar-refractivity contribution in [1.29, 1.82) is 0 Å². The van der Waals surface area contributed by atoms with Gasteiger partial charge in [-0.1, -0.05) is 20.8 Å². The van der Waals surface area contributed by atoms with E-state index in [-0.39, 0.29) is 18.3 Å². The molecule has 0 bridgehead atoms. The molecule has 0 aromatic carbocycles. The minimum atomic E-state index is -1.86. The average Bonchev–Trinajstić information content (AvgIpc) is 2.09. The molecule has 0 unspecified atom stereocenters. The fourth-order valence-electron chi connectivity index (χ4n) is 0.747. The molecule has 0 aliphatic heterocycles. The number of hydrogen-bond acceptors (Lipinski definition) is 4. The summed E-state index contributed by atoms with van der Waals surface area (Å²) in [5, 5.41) is 9.59. The number of rotatable bonds is 5. The number of hydrogen-bond donors (Lipinski definition) is 2. The Kier molecular flexibility index (Phi) is 5.44. The van der Waals surface area contributed by atoms with E-state index < -0.39 is 20.5 Å². The van der Waals surface area contributed by atoms with E-state index in [4.69, 9.17) is 10.2 Å². The maximum atomic E-state index is 10.3. The van der Waals surface area contributed by atoms with Gasteiger partial charge in [0, 0.05) is 0 Å². The van der Waals surface area contributed by atoms with E-state index in [9.17, 15) is 9.90 Å². The molecule has 0 spiro atoms. The molecule has 0 heterocycles. The summed E-state index contributed by atoms with van der Waals surface area (Å²) in [5.41, 5.74) is 4.79. The van der Waals surface area contributed by atoms with Crippen molar-refractivity contribution in [2.45, 2.75) is 45.0 Å². The van der Waals surface area contributed by atoms with Gasteiger partial charge in [-0.2, -0.15) is 0 Å². The molecule has 0 aromatic heterocycles. The number of amides is 1. The van der Waals surface area contributed by atoms with Crippen LogP contribution in [0.25, 0.3) is 0 Å². The summed E-state index contributed by atoms with van der Waals surface area (Å²) in [4.78, 5) is 10.3. The third-order valence-electron chi connectivity index (χ3n) is 2.86. The van der Waals surface area contributed by atoms with Gasteiger partial charge in [0.25, 0.3) is 0 Å². The van der Waals surface area contributed by atoms with E-state index in [1.54, 1.807) is 0 Å². The molecule has 0 saturated heterocycles. The third kappa shape index (κ3) is 5.48. The number of aliphatic hydroxyl groups is 1. The predicted octanol–water partition coefficient (Wildman–Crippen LogP) is 1.46. The van der Waals surface area contributed by atoms with E-state index in [0.717, 1.165) is 0 Å². The number of aliphatic hydroxyl groups excluding tert-OH is 1. The molecule has 6 heteroatoms. The monoisotopic (exact) mass is 249 g/mol. The van der Waals surface area contributed by atoms with Crippen molar-refractivity contribution in [2.75, 3.05) is 13.2 Å². The zero-order valence-electron chi connectivity index (χ0n) is 10.7. The summed E-state index contributed by atoms with van der Waals surface area (Å²) in [6.07, 6.45) is -1.70. The van der Waals surface area contributed by atoms with E-state index in [0.29, 0.717) is 0 Å². The number of nitrogens with two attached hydrogens (primary N) is 1. The van der Waals surface area contributed by atoms with Crippen LogP contribution in [0.2, 0.25) is 18.1 Å². The van der Waals surface area contributed by atoms with E-state index in [1.165, 1.54) is 0 Å². The smallest absolute Gasteiger partial charge is 0.404 e. The lowest BCUT2D eigenvalue weighted by molar-refractivity contribution is 0.0382. The molecule has 3 N–H and O–H groups in total. The normalized spacial score (nSPS) is 14.6. The molecule has 0 fully saturated rings. The summed E-state index contributed by atoms with van der Waals surface area (Å²) < 4.78 is 10.2. The first-order chi connectivity index (χ1) is 7.06. The van der Waals surface area contributed by atoms with Crippen molar-refractivity contribution in [3.63, 3.8) is 0 Å². The molecule has 96 valence electrons. The van der Waals surface area contributed by atoms with Crippen LogP contribution in [-0.4, -0.2) is 38.8 Å². The lowest BCUT2D eigenvalue weighted by Gasteiger charge is -2.36. The zero-order valence-corrected chi connectivity index (χ0v) is 11.7. The van der Waals surface area contributed by atoms with Crippen molar-refractivity contribution in [3.05, 3.63) is 0 Å². The summed E-state index contributed by atoms with van der Waals surface area (Å²) in [6, 6.07) is 0. The Labute approximate surface area is 98.1 Å². The Balaban J connectivity index is 4.00. The van der Waals surface area contributed by atoms with E-state index in [1.807, 2.05) is 0 Å². The highest BCUT2D eigenvalue weighted by molar-refractivity contribution is 6.74. The molecule has 0 aromatic rings. The van der Waals surface area contributed by atoms with Gasteiger partial charge in [0.1, 0.15) is 12.7 Å². The summed E-state index contributed by atoms with van der Waals surface area (Å²) in [7, 11) is -1.86. The quantitative estimate of drug-likeness (QED) is 0.723. The second-order valence-corrected chi connectivity index (χ2v) is 10.2. The Morgan fingerprint density at radius 2 is 1.88 bits per heavy atom. The van der Waals surface area contributed by atoms with Crippen molar-refractivity contribution in [3.8, 4) is 0 Å². The van der Waals surface area contributed by atoms with Crippen LogP contribution in [0.3, 0.4) is 0 Å². The minimum Gasteiger partial charge on any atom is -0.447 e. The van der Waals surface area contributed by atoms with Gasteiger partial charge >= 0.3 is 6.09 Å². The molecule has 16 heavy (non-hydrogen) atoms. The Morgan fingerprint density at radius 3 is 2.25 bits per heavy atom. The lowest BCUT2D eigenvalue weighted by Crippen LogP contribution is -2.43.